The largest absolute Gasteiger partial charge is 0.374 e. The van der Waals surface area contributed by atoms with Crippen molar-refractivity contribution in [3.63, 3.8) is 0 Å². The number of rotatable bonds is 7. The first-order valence-electron chi connectivity index (χ1n) is 8.75. The van der Waals surface area contributed by atoms with E-state index in [4.69, 9.17) is 5.73 Å². The van der Waals surface area contributed by atoms with Crippen molar-refractivity contribution in [2.75, 3.05) is 23.7 Å². The predicted octanol–water partition coefficient (Wildman–Crippen LogP) is 2.16. The highest BCUT2D eigenvalue weighted by molar-refractivity contribution is 5.96. The smallest absolute Gasteiger partial charge is 0.251 e. The highest BCUT2D eigenvalue weighted by Gasteiger charge is 2.15. The van der Waals surface area contributed by atoms with Gasteiger partial charge in [-0.1, -0.05) is 17.7 Å². The van der Waals surface area contributed by atoms with Gasteiger partial charge < -0.3 is 21.7 Å². The van der Waals surface area contributed by atoms with E-state index in [1.807, 2.05) is 32.9 Å². The topological polar surface area (TPSA) is 113 Å². The number of hydrogen-bond donors (Lipinski definition) is 4. The van der Waals surface area contributed by atoms with Crippen LogP contribution in [0.1, 0.15) is 27.0 Å². The van der Waals surface area contributed by atoms with E-state index < -0.39 is 41.5 Å². The second-order valence-corrected chi connectivity index (χ2v) is 6.63. The van der Waals surface area contributed by atoms with Gasteiger partial charge in [0.2, 0.25) is 11.8 Å². The normalized spacial score (nSPS) is 10.4. The van der Waals surface area contributed by atoms with Gasteiger partial charge in [0.05, 0.1) is 24.3 Å². The van der Waals surface area contributed by atoms with Crippen LogP contribution in [0, 0.1) is 32.4 Å². The standard InChI is InChI=1S/C20H22F2N4O3/c1-10-4-11(2)19(12(3)5-10)26-18(28)9-25-17(27)8-24-16-6-13(20(23)29)14(21)7-15(16)22/h4-7,24H,8-9H2,1-3H3,(H2,23,29)(H,25,27)(H,26,28). The van der Waals surface area contributed by atoms with Crippen LogP contribution in [0.3, 0.4) is 0 Å². The molecular formula is C20H22F2N4O3. The Bertz CT molecular complexity index is 953. The van der Waals surface area contributed by atoms with Crippen LogP contribution in [0.25, 0.3) is 0 Å². The summed E-state index contributed by atoms with van der Waals surface area (Å²) in [5.41, 5.74) is 7.81. The number of carbonyl (C=O) groups is 3. The van der Waals surface area contributed by atoms with Crippen LogP contribution in [0.2, 0.25) is 0 Å². The number of hydrogen-bond acceptors (Lipinski definition) is 4. The van der Waals surface area contributed by atoms with Crippen molar-refractivity contribution in [2.24, 2.45) is 5.73 Å². The highest BCUT2D eigenvalue weighted by atomic mass is 19.1. The van der Waals surface area contributed by atoms with Gasteiger partial charge in [0.15, 0.2) is 0 Å². The molecule has 7 nitrogen and oxygen atoms in total. The zero-order chi connectivity index (χ0) is 21.7. The van der Waals surface area contributed by atoms with Crippen LogP contribution in [0.15, 0.2) is 24.3 Å². The summed E-state index contributed by atoms with van der Waals surface area (Å²) in [7, 11) is 0. The Labute approximate surface area is 166 Å². The average Bonchev–Trinajstić information content (AvgIpc) is 2.61. The summed E-state index contributed by atoms with van der Waals surface area (Å²) < 4.78 is 27.2. The van der Waals surface area contributed by atoms with Crippen molar-refractivity contribution in [3.8, 4) is 0 Å². The first-order valence-corrected chi connectivity index (χ1v) is 8.75. The number of aryl methyl sites for hydroxylation is 3. The Morgan fingerprint density at radius 2 is 1.52 bits per heavy atom. The van der Waals surface area contributed by atoms with Gasteiger partial charge in [-0.05, 0) is 38.0 Å². The Kier molecular flexibility index (Phi) is 6.87. The van der Waals surface area contributed by atoms with Gasteiger partial charge in [0.25, 0.3) is 5.91 Å². The molecule has 0 saturated heterocycles. The number of anilines is 2. The lowest BCUT2D eigenvalue weighted by Crippen LogP contribution is -2.36. The molecule has 0 spiro atoms. The molecule has 0 saturated carbocycles. The molecule has 0 aliphatic rings. The number of primary amides is 1. The summed E-state index contributed by atoms with van der Waals surface area (Å²) in [5, 5.41) is 7.57. The van der Waals surface area contributed by atoms with Crippen molar-refractivity contribution in [3.05, 3.63) is 58.2 Å². The Morgan fingerprint density at radius 3 is 2.10 bits per heavy atom. The van der Waals surface area contributed by atoms with Crippen molar-refractivity contribution < 1.29 is 23.2 Å². The Morgan fingerprint density at radius 1 is 0.897 bits per heavy atom. The van der Waals surface area contributed by atoms with Crippen molar-refractivity contribution in [2.45, 2.75) is 20.8 Å². The molecule has 2 aromatic carbocycles. The second-order valence-electron chi connectivity index (χ2n) is 6.63. The number of amides is 3. The molecule has 9 heteroatoms. The number of halogens is 2. The predicted molar refractivity (Wildman–Crippen MR) is 106 cm³/mol. The number of nitrogens with one attached hydrogen (secondary N) is 3. The van der Waals surface area contributed by atoms with Gasteiger partial charge in [0.1, 0.15) is 11.6 Å². The van der Waals surface area contributed by atoms with E-state index >= 15 is 0 Å². The zero-order valence-corrected chi connectivity index (χ0v) is 16.3. The third-order valence-electron chi connectivity index (χ3n) is 4.15. The van der Waals surface area contributed by atoms with Crippen molar-refractivity contribution >= 4 is 29.1 Å². The minimum Gasteiger partial charge on any atom is -0.374 e. The van der Waals surface area contributed by atoms with E-state index in [1.54, 1.807) is 0 Å². The molecule has 0 atom stereocenters. The third kappa shape index (κ3) is 5.74. The van der Waals surface area contributed by atoms with Gasteiger partial charge >= 0.3 is 0 Å². The molecular weight excluding hydrogens is 382 g/mol. The molecule has 0 aromatic heterocycles. The number of carbonyl (C=O) groups excluding carboxylic acids is 3. The van der Waals surface area contributed by atoms with E-state index in [-0.39, 0.29) is 12.2 Å². The van der Waals surface area contributed by atoms with E-state index in [0.717, 1.165) is 22.8 Å². The van der Waals surface area contributed by atoms with Crippen LogP contribution in [-0.2, 0) is 9.59 Å². The molecule has 2 aromatic rings. The van der Waals surface area contributed by atoms with Gasteiger partial charge in [-0.25, -0.2) is 8.78 Å². The Hall–Kier alpha value is -3.49. The quantitative estimate of drug-likeness (QED) is 0.566. The average molecular weight is 404 g/mol. The number of benzene rings is 2. The lowest BCUT2D eigenvalue weighted by Gasteiger charge is -2.13. The van der Waals surface area contributed by atoms with Crippen LogP contribution >= 0.6 is 0 Å². The van der Waals surface area contributed by atoms with Crippen molar-refractivity contribution in [1.29, 1.82) is 0 Å². The first kappa shape index (κ1) is 21.8. The van der Waals surface area contributed by atoms with E-state index in [2.05, 4.69) is 16.0 Å². The maximum absolute atomic E-state index is 13.8. The van der Waals surface area contributed by atoms with Gasteiger partial charge in [-0.3, -0.25) is 14.4 Å². The Balaban J connectivity index is 1.90. The van der Waals surface area contributed by atoms with Gasteiger partial charge in [0, 0.05) is 11.8 Å². The monoisotopic (exact) mass is 404 g/mol. The molecule has 29 heavy (non-hydrogen) atoms. The summed E-state index contributed by atoms with van der Waals surface area (Å²) >= 11 is 0. The molecule has 0 aliphatic heterocycles. The van der Waals surface area contributed by atoms with E-state index in [0.29, 0.717) is 11.8 Å². The first-order chi connectivity index (χ1) is 13.6. The molecule has 5 N–H and O–H groups in total. The molecule has 2 rings (SSSR count). The van der Waals surface area contributed by atoms with Gasteiger partial charge in [-0.15, -0.1) is 0 Å². The summed E-state index contributed by atoms with van der Waals surface area (Å²) in [4.78, 5) is 35.1. The minimum atomic E-state index is -1.09. The lowest BCUT2D eigenvalue weighted by molar-refractivity contribution is -0.122. The summed E-state index contributed by atoms with van der Waals surface area (Å²) in [6.45, 7) is 5.02. The molecule has 3 amide bonds. The molecule has 0 aliphatic carbocycles. The lowest BCUT2D eigenvalue weighted by atomic mass is 10.1. The number of nitrogens with two attached hydrogens (primary N) is 1. The zero-order valence-electron chi connectivity index (χ0n) is 16.3. The van der Waals surface area contributed by atoms with Crippen molar-refractivity contribution in [1.82, 2.24) is 5.32 Å². The summed E-state index contributed by atoms with van der Waals surface area (Å²) in [6, 6.07) is 5.25. The minimum absolute atomic E-state index is 0.259. The van der Waals surface area contributed by atoms with E-state index in [9.17, 15) is 23.2 Å². The molecule has 0 fully saturated rings. The third-order valence-corrected chi connectivity index (χ3v) is 4.15. The molecule has 154 valence electrons. The van der Waals surface area contributed by atoms with Crippen LogP contribution < -0.4 is 21.7 Å². The molecule has 0 unspecified atom stereocenters. The second kappa shape index (κ2) is 9.13. The molecule has 0 heterocycles. The highest BCUT2D eigenvalue weighted by Crippen LogP contribution is 2.22. The SMILES string of the molecule is Cc1cc(C)c(NC(=O)CNC(=O)CNc2cc(C(N)=O)c(F)cc2F)c(C)c1. The van der Waals surface area contributed by atoms with Crippen LogP contribution in [0.5, 0.6) is 0 Å². The van der Waals surface area contributed by atoms with Gasteiger partial charge in [-0.2, -0.15) is 0 Å². The molecule has 0 bridgehead atoms. The summed E-state index contributed by atoms with van der Waals surface area (Å²) in [6.07, 6.45) is 0. The fourth-order valence-electron chi connectivity index (χ4n) is 2.85. The molecule has 0 radical (unpaired) electrons. The maximum Gasteiger partial charge on any atom is 0.251 e. The summed E-state index contributed by atoms with van der Waals surface area (Å²) in [5.74, 6) is -4.15. The van der Waals surface area contributed by atoms with Crippen LogP contribution in [-0.4, -0.2) is 30.8 Å². The van der Waals surface area contributed by atoms with E-state index in [1.165, 1.54) is 0 Å². The maximum atomic E-state index is 13.8. The fraction of sp³-hybridized carbons (Fsp3) is 0.250. The van der Waals surface area contributed by atoms with Crippen LogP contribution in [0.4, 0.5) is 20.2 Å². The fourth-order valence-corrected chi connectivity index (χ4v) is 2.85.